The van der Waals surface area contributed by atoms with Gasteiger partial charge in [0, 0.05) is 34.7 Å². The summed E-state index contributed by atoms with van der Waals surface area (Å²) in [5, 5.41) is 1.68. The van der Waals surface area contributed by atoms with E-state index >= 15 is 0 Å². The van der Waals surface area contributed by atoms with Gasteiger partial charge in [-0.25, -0.2) is 0 Å². The molecule has 3 rings (SSSR count). The van der Waals surface area contributed by atoms with E-state index in [1.54, 1.807) is 23.4 Å². The molecule has 0 fully saturated rings. The summed E-state index contributed by atoms with van der Waals surface area (Å²) in [7, 11) is 1.79. The lowest BCUT2D eigenvalue weighted by Crippen LogP contribution is -2.16. The molecule has 0 saturated heterocycles. The van der Waals surface area contributed by atoms with Crippen LogP contribution in [0.3, 0.4) is 0 Å². The number of hydrogen-bond donors (Lipinski definition) is 0. The van der Waals surface area contributed by atoms with E-state index < -0.39 is 0 Å². The zero-order valence-corrected chi connectivity index (χ0v) is 14.3. The van der Waals surface area contributed by atoms with Crippen LogP contribution in [0.25, 0.3) is 21.9 Å². The van der Waals surface area contributed by atoms with Crippen molar-refractivity contribution in [2.24, 2.45) is 7.05 Å². The standard InChI is InChI=1S/C19H19NO2S/c1-4-22-18-10-9-13(23-3)11-16(18)17-12-20(2)19(21)15-8-6-5-7-14(15)17/h5-12H,4H2,1-3H3. The summed E-state index contributed by atoms with van der Waals surface area (Å²) in [6.07, 6.45) is 3.95. The monoisotopic (exact) mass is 325 g/mol. The Morgan fingerprint density at radius 3 is 2.52 bits per heavy atom. The Morgan fingerprint density at radius 2 is 1.83 bits per heavy atom. The van der Waals surface area contributed by atoms with Crippen molar-refractivity contribution >= 4 is 22.5 Å². The maximum Gasteiger partial charge on any atom is 0.258 e. The van der Waals surface area contributed by atoms with Gasteiger partial charge < -0.3 is 9.30 Å². The normalized spacial score (nSPS) is 10.9. The maximum atomic E-state index is 12.4. The van der Waals surface area contributed by atoms with Crippen molar-refractivity contribution in [2.45, 2.75) is 11.8 Å². The maximum absolute atomic E-state index is 12.4. The lowest BCUT2D eigenvalue weighted by molar-refractivity contribution is 0.341. The Kier molecular flexibility index (Phi) is 4.44. The topological polar surface area (TPSA) is 31.2 Å². The predicted octanol–water partition coefficient (Wildman–Crippen LogP) is 4.33. The fourth-order valence-electron chi connectivity index (χ4n) is 2.76. The highest BCUT2D eigenvalue weighted by atomic mass is 32.2. The summed E-state index contributed by atoms with van der Waals surface area (Å²) < 4.78 is 7.45. The molecule has 0 amide bonds. The van der Waals surface area contributed by atoms with Crippen molar-refractivity contribution in [2.75, 3.05) is 12.9 Å². The zero-order valence-electron chi connectivity index (χ0n) is 13.5. The van der Waals surface area contributed by atoms with Crippen molar-refractivity contribution < 1.29 is 4.74 Å². The molecule has 0 N–H and O–H groups in total. The molecule has 0 bridgehead atoms. The molecule has 1 aromatic heterocycles. The Labute approximate surface area is 139 Å². The smallest absolute Gasteiger partial charge is 0.258 e. The second kappa shape index (κ2) is 6.50. The number of fused-ring (bicyclic) bond motifs is 1. The highest BCUT2D eigenvalue weighted by molar-refractivity contribution is 7.98. The molecular weight excluding hydrogens is 306 g/mol. The van der Waals surface area contributed by atoms with Gasteiger partial charge in [0.1, 0.15) is 5.75 Å². The third kappa shape index (κ3) is 2.86. The number of benzene rings is 2. The Bertz CT molecular complexity index is 915. The van der Waals surface area contributed by atoms with Gasteiger partial charge in [-0.15, -0.1) is 11.8 Å². The van der Waals surface area contributed by atoms with Crippen molar-refractivity contribution in [1.82, 2.24) is 4.57 Å². The summed E-state index contributed by atoms with van der Waals surface area (Å²) in [6.45, 7) is 2.58. The van der Waals surface area contributed by atoms with Gasteiger partial charge >= 0.3 is 0 Å². The minimum Gasteiger partial charge on any atom is -0.493 e. The number of ether oxygens (including phenoxy) is 1. The van der Waals surface area contributed by atoms with Crippen molar-refractivity contribution in [3.05, 3.63) is 59.0 Å². The van der Waals surface area contributed by atoms with Crippen molar-refractivity contribution in [3.63, 3.8) is 0 Å². The van der Waals surface area contributed by atoms with Crippen LogP contribution in [0.1, 0.15) is 6.92 Å². The third-order valence-electron chi connectivity index (χ3n) is 3.87. The van der Waals surface area contributed by atoms with Gasteiger partial charge in [0.25, 0.3) is 5.56 Å². The van der Waals surface area contributed by atoms with E-state index in [2.05, 4.69) is 18.4 Å². The molecule has 0 saturated carbocycles. The molecule has 0 aliphatic heterocycles. The number of aryl methyl sites for hydroxylation is 1. The summed E-state index contributed by atoms with van der Waals surface area (Å²) in [5.41, 5.74) is 2.05. The Hall–Kier alpha value is -2.20. The number of thioether (sulfide) groups is 1. The Balaban J connectivity index is 2.36. The zero-order chi connectivity index (χ0) is 16.4. The van der Waals surface area contributed by atoms with Gasteiger partial charge in [-0.1, -0.05) is 18.2 Å². The fraction of sp³-hybridized carbons (Fsp3) is 0.211. The van der Waals surface area contributed by atoms with Crippen LogP contribution in [0.5, 0.6) is 5.75 Å². The van der Waals surface area contributed by atoms with Gasteiger partial charge in [0.2, 0.25) is 0 Å². The van der Waals surface area contributed by atoms with Crippen LogP contribution < -0.4 is 10.3 Å². The fourth-order valence-corrected chi connectivity index (χ4v) is 3.20. The van der Waals surface area contributed by atoms with Gasteiger partial charge in [0.15, 0.2) is 0 Å². The molecule has 2 aromatic carbocycles. The SMILES string of the molecule is CCOc1ccc(SC)cc1-c1cn(C)c(=O)c2ccccc12. The molecule has 0 aliphatic rings. The van der Waals surface area contributed by atoms with Crippen LogP contribution >= 0.6 is 11.8 Å². The van der Waals surface area contributed by atoms with E-state index in [-0.39, 0.29) is 5.56 Å². The molecule has 3 aromatic rings. The predicted molar refractivity (Wildman–Crippen MR) is 97.6 cm³/mol. The van der Waals surface area contributed by atoms with Crippen molar-refractivity contribution in [1.29, 1.82) is 0 Å². The Morgan fingerprint density at radius 1 is 1.09 bits per heavy atom. The molecule has 3 nitrogen and oxygen atoms in total. The lowest BCUT2D eigenvalue weighted by atomic mass is 10.00. The van der Waals surface area contributed by atoms with Crippen LogP contribution in [0, 0.1) is 0 Å². The molecule has 0 atom stereocenters. The van der Waals surface area contributed by atoms with Gasteiger partial charge in [0.05, 0.1) is 6.61 Å². The molecule has 0 aliphatic carbocycles. The second-order valence-corrected chi connectivity index (χ2v) is 6.18. The first-order valence-electron chi connectivity index (χ1n) is 7.55. The van der Waals surface area contributed by atoms with E-state index in [4.69, 9.17) is 4.74 Å². The summed E-state index contributed by atoms with van der Waals surface area (Å²) >= 11 is 1.69. The van der Waals surface area contributed by atoms with E-state index in [1.807, 2.05) is 43.5 Å². The number of pyridine rings is 1. The van der Waals surface area contributed by atoms with Gasteiger partial charge in [-0.05, 0) is 42.8 Å². The molecule has 4 heteroatoms. The number of aromatic nitrogens is 1. The molecule has 118 valence electrons. The second-order valence-electron chi connectivity index (χ2n) is 5.30. The summed E-state index contributed by atoms with van der Waals surface area (Å²) in [6, 6.07) is 13.9. The van der Waals surface area contributed by atoms with Crippen LogP contribution in [0.15, 0.2) is 58.4 Å². The van der Waals surface area contributed by atoms with E-state index in [0.29, 0.717) is 6.61 Å². The molecule has 1 heterocycles. The minimum absolute atomic E-state index is 0.0170. The molecule has 0 unspecified atom stereocenters. The van der Waals surface area contributed by atoms with Crippen LogP contribution in [0.4, 0.5) is 0 Å². The van der Waals surface area contributed by atoms with E-state index in [1.165, 1.54) is 4.90 Å². The number of hydrogen-bond acceptors (Lipinski definition) is 3. The van der Waals surface area contributed by atoms with Gasteiger partial charge in [-0.2, -0.15) is 0 Å². The van der Waals surface area contributed by atoms with Crippen LogP contribution in [-0.2, 0) is 7.05 Å². The summed E-state index contributed by atoms with van der Waals surface area (Å²) in [4.78, 5) is 13.5. The largest absolute Gasteiger partial charge is 0.493 e. The molecule has 23 heavy (non-hydrogen) atoms. The van der Waals surface area contributed by atoms with Crippen molar-refractivity contribution in [3.8, 4) is 16.9 Å². The number of nitrogens with zero attached hydrogens (tertiary/aromatic N) is 1. The van der Waals surface area contributed by atoms with Crippen LogP contribution in [0.2, 0.25) is 0 Å². The average Bonchev–Trinajstić information content (AvgIpc) is 2.59. The highest BCUT2D eigenvalue weighted by Crippen LogP contribution is 2.36. The summed E-state index contributed by atoms with van der Waals surface area (Å²) in [5.74, 6) is 0.842. The minimum atomic E-state index is 0.0170. The lowest BCUT2D eigenvalue weighted by Gasteiger charge is -2.15. The molecular formula is C19H19NO2S. The first-order chi connectivity index (χ1) is 11.2. The quantitative estimate of drug-likeness (QED) is 0.669. The first kappa shape index (κ1) is 15.7. The van der Waals surface area contributed by atoms with Gasteiger partial charge in [-0.3, -0.25) is 4.79 Å². The first-order valence-corrected chi connectivity index (χ1v) is 8.77. The average molecular weight is 325 g/mol. The van der Waals surface area contributed by atoms with E-state index in [0.717, 1.165) is 27.6 Å². The third-order valence-corrected chi connectivity index (χ3v) is 4.59. The van der Waals surface area contributed by atoms with E-state index in [9.17, 15) is 4.79 Å². The van der Waals surface area contributed by atoms with Crippen LogP contribution in [-0.4, -0.2) is 17.4 Å². The molecule has 0 radical (unpaired) electrons. The molecule has 0 spiro atoms. The number of rotatable bonds is 4. The highest BCUT2D eigenvalue weighted by Gasteiger charge is 2.13.